The van der Waals surface area contributed by atoms with Crippen LogP contribution in [-0.4, -0.2) is 61.2 Å². The lowest BCUT2D eigenvalue weighted by atomic mass is 9.99. The monoisotopic (exact) mass is 768 g/mol. The summed E-state index contributed by atoms with van der Waals surface area (Å²) in [6.45, 7) is 5.33. The Labute approximate surface area is 310 Å². The van der Waals surface area contributed by atoms with Crippen LogP contribution in [0.4, 0.5) is 18.9 Å². The highest BCUT2D eigenvalue weighted by molar-refractivity contribution is 7.99. The number of carbonyl (C=O) groups excluding carboxylic acids is 3. The topological polar surface area (TPSA) is 145 Å². The highest BCUT2D eigenvalue weighted by Crippen LogP contribution is 2.40. The van der Waals surface area contributed by atoms with Crippen LogP contribution < -0.4 is 20.3 Å². The average Bonchev–Trinajstić information content (AvgIpc) is 3.23. The zero-order chi connectivity index (χ0) is 38.6. The number of thioether (sulfide) groups is 1. The van der Waals surface area contributed by atoms with Gasteiger partial charge in [0.15, 0.2) is 0 Å². The lowest BCUT2D eigenvalue weighted by Gasteiger charge is -2.29. The third kappa shape index (κ3) is 10.0. The molecule has 4 aromatic rings. The number of halogens is 3. The molecular formula is C38H39F3N4O6S2. The Morgan fingerprint density at radius 3 is 2.28 bits per heavy atom. The Hall–Kier alpha value is -4.70. The van der Waals surface area contributed by atoms with Crippen molar-refractivity contribution in [2.45, 2.75) is 67.4 Å². The van der Waals surface area contributed by atoms with Crippen LogP contribution in [0.5, 0.6) is 0 Å². The van der Waals surface area contributed by atoms with E-state index in [1.54, 1.807) is 75.4 Å². The second kappa shape index (κ2) is 16.1. The molecule has 0 radical (unpaired) electrons. The van der Waals surface area contributed by atoms with Crippen molar-refractivity contribution in [3.63, 3.8) is 0 Å². The summed E-state index contributed by atoms with van der Waals surface area (Å²) in [5, 5.41) is 15.5. The number of benzene rings is 4. The zero-order valence-electron chi connectivity index (χ0n) is 29.1. The molecule has 4 aromatic carbocycles. The van der Waals surface area contributed by atoms with Gasteiger partial charge < -0.3 is 20.6 Å². The number of hydrogen-bond donors (Lipinski definition) is 4. The van der Waals surface area contributed by atoms with Gasteiger partial charge in [-0.2, -0.15) is 13.2 Å². The van der Waals surface area contributed by atoms with Crippen LogP contribution in [0.1, 0.15) is 48.7 Å². The normalized spacial score (nSPS) is 15.6. The molecule has 0 saturated heterocycles. The summed E-state index contributed by atoms with van der Waals surface area (Å²) < 4.78 is 69.9. The molecule has 280 valence electrons. The van der Waals surface area contributed by atoms with Gasteiger partial charge in [-0.1, -0.05) is 60.7 Å². The van der Waals surface area contributed by atoms with Crippen LogP contribution in [-0.2, 0) is 32.3 Å². The van der Waals surface area contributed by atoms with Crippen molar-refractivity contribution < 1.29 is 41.1 Å². The molecule has 0 bridgehead atoms. The minimum atomic E-state index is -4.61. The van der Waals surface area contributed by atoms with E-state index >= 15 is 0 Å². The SMILES string of the molecule is C[C@@H](O)CNC(C)(C)CC(=O)N[C@@H]1CSc2cc(C(F)(F)F)ccc2N(Cc2ccc(-c3ccccc3S(=O)(=O)NC(=O)c3ccccc3)cc2)C1=O. The van der Waals surface area contributed by atoms with Crippen molar-refractivity contribution in [2.24, 2.45) is 0 Å². The molecule has 0 fully saturated rings. The zero-order valence-corrected chi connectivity index (χ0v) is 30.7. The van der Waals surface area contributed by atoms with Gasteiger partial charge in [0, 0.05) is 40.3 Å². The Kier molecular flexibility index (Phi) is 12.0. The van der Waals surface area contributed by atoms with E-state index < -0.39 is 57.2 Å². The van der Waals surface area contributed by atoms with Gasteiger partial charge in [-0.05, 0) is 68.3 Å². The second-order valence-corrected chi connectivity index (χ2v) is 16.0. The van der Waals surface area contributed by atoms with Crippen molar-refractivity contribution >= 4 is 45.2 Å². The van der Waals surface area contributed by atoms with Crippen molar-refractivity contribution in [1.29, 1.82) is 0 Å². The fourth-order valence-electron chi connectivity index (χ4n) is 5.72. The van der Waals surface area contributed by atoms with Gasteiger partial charge in [-0.15, -0.1) is 11.8 Å². The molecule has 5 rings (SSSR count). The van der Waals surface area contributed by atoms with Gasteiger partial charge >= 0.3 is 6.18 Å². The first-order valence-electron chi connectivity index (χ1n) is 16.6. The molecule has 0 saturated carbocycles. The number of aliphatic hydroxyl groups is 1. The molecule has 1 aliphatic rings. The minimum Gasteiger partial charge on any atom is -0.392 e. The maximum Gasteiger partial charge on any atom is 0.416 e. The Morgan fingerprint density at radius 2 is 1.62 bits per heavy atom. The number of sulfonamides is 1. The van der Waals surface area contributed by atoms with Crippen molar-refractivity contribution in [3.05, 3.63) is 114 Å². The number of fused-ring (bicyclic) bond motifs is 1. The summed E-state index contributed by atoms with van der Waals surface area (Å²) in [6.07, 6.45) is -5.29. The Balaban J connectivity index is 1.40. The first-order chi connectivity index (χ1) is 24.9. The Morgan fingerprint density at radius 1 is 0.962 bits per heavy atom. The molecule has 2 atom stereocenters. The van der Waals surface area contributed by atoms with E-state index in [2.05, 4.69) is 15.4 Å². The third-order valence-electron chi connectivity index (χ3n) is 8.41. The van der Waals surface area contributed by atoms with Crippen LogP contribution in [0, 0.1) is 0 Å². The number of aliphatic hydroxyl groups excluding tert-OH is 1. The minimum absolute atomic E-state index is 0.0120. The van der Waals surface area contributed by atoms with Gasteiger partial charge in [0.2, 0.25) is 5.91 Å². The van der Waals surface area contributed by atoms with Crippen LogP contribution in [0.2, 0.25) is 0 Å². The smallest absolute Gasteiger partial charge is 0.392 e. The first-order valence-corrected chi connectivity index (χ1v) is 19.1. The van der Waals surface area contributed by atoms with Gasteiger partial charge in [-0.3, -0.25) is 14.4 Å². The molecule has 4 N–H and O–H groups in total. The quantitative estimate of drug-likeness (QED) is 0.143. The van der Waals surface area contributed by atoms with Gasteiger partial charge in [0.25, 0.3) is 21.8 Å². The average molecular weight is 769 g/mol. The summed E-state index contributed by atoms with van der Waals surface area (Å²) in [5.41, 5.74) is 0.206. The number of β-amino-alcohol motifs (C(OH)–C–C–N with tert-alkyl or cyclic N) is 1. The highest BCUT2D eigenvalue weighted by Gasteiger charge is 2.36. The lowest BCUT2D eigenvalue weighted by molar-refractivity contribution is -0.137. The number of nitrogens with zero attached hydrogens (tertiary/aromatic N) is 1. The number of rotatable bonds is 12. The van der Waals surface area contributed by atoms with E-state index in [4.69, 9.17) is 0 Å². The van der Waals surface area contributed by atoms with Crippen LogP contribution in [0.15, 0.2) is 107 Å². The van der Waals surface area contributed by atoms with E-state index in [-0.39, 0.29) is 46.3 Å². The highest BCUT2D eigenvalue weighted by atomic mass is 32.2. The molecule has 53 heavy (non-hydrogen) atoms. The van der Waals surface area contributed by atoms with Gasteiger partial charge in [0.05, 0.1) is 28.8 Å². The summed E-state index contributed by atoms with van der Waals surface area (Å²) >= 11 is 1.03. The number of nitrogens with one attached hydrogen (secondary N) is 3. The third-order valence-corrected chi connectivity index (χ3v) is 10.9. The summed E-state index contributed by atoms with van der Waals surface area (Å²) in [5.74, 6) is -1.77. The largest absolute Gasteiger partial charge is 0.416 e. The van der Waals surface area contributed by atoms with E-state index in [0.717, 1.165) is 23.9 Å². The van der Waals surface area contributed by atoms with E-state index in [1.165, 1.54) is 35.2 Å². The number of anilines is 1. The molecule has 0 unspecified atom stereocenters. The summed E-state index contributed by atoms with van der Waals surface area (Å²) in [7, 11) is -4.30. The van der Waals surface area contributed by atoms with Crippen LogP contribution in [0.25, 0.3) is 11.1 Å². The first kappa shape index (κ1) is 39.5. The predicted molar refractivity (Wildman–Crippen MR) is 197 cm³/mol. The van der Waals surface area contributed by atoms with Crippen LogP contribution in [0.3, 0.4) is 0 Å². The number of carbonyl (C=O) groups is 3. The number of alkyl halides is 3. The number of hydrogen-bond acceptors (Lipinski definition) is 8. The van der Waals surface area contributed by atoms with Crippen LogP contribution >= 0.6 is 11.8 Å². The molecule has 10 nitrogen and oxygen atoms in total. The second-order valence-electron chi connectivity index (χ2n) is 13.3. The lowest BCUT2D eigenvalue weighted by Crippen LogP contribution is -2.52. The van der Waals surface area contributed by atoms with E-state index in [0.29, 0.717) is 16.7 Å². The molecule has 0 spiro atoms. The molecular weight excluding hydrogens is 730 g/mol. The maximum atomic E-state index is 14.1. The fraction of sp³-hybridized carbons (Fsp3) is 0.289. The standard InChI is InChI=1S/C38H39F3N4O6S2/c1-24(46)21-42-37(2,3)20-34(47)43-30-23-52-32-19-28(38(39,40)41)17-18-31(32)45(36(30)49)22-25-13-15-26(16-14-25)29-11-7-8-12-33(29)53(50,51)44-35(48)27-9-5-4-6-10-27/h4-19,24,30,42,46H,20-23H2,1-3H3,(H,43,47)(H,44,48)/t24-,30-/m1/s1. The molecule has 0 aromatic heterocycles. The van der Waals surface area contributed by atoms with Gasteiger partial charge in [-0.25, -0.2) is 13.1 Å². The number of amides is 3. The van der Waals surface area contributed by atoms with Crippen molar-refractivity contribution in [3.8, 4) is 11.1 Å². The van der Waals surface area contributed by atoms with Gasteiger partial charge in [0.1, 0.15) is 6.04 Å². The fourth-order valence-corrected chi connectivity index (χ4v) is 8.03. The van der Waals surface area contributed by atoms with Crippen molar-refractivity contribution in [2.75, 3.05) is 17.2 Å². The van der Waals surface area contributed by atoms with Crippen molar-refractivity contribution in [1.82, 2.24) is 15.4 Å². The molecule has 1 heterocycles. The van der Waals surface area contributed by atoms with E-state index in [1.807, 2.05) is 0 Å². The van der Waals surface area contributed by atoms with E-state index in [9.17, 15) is 41.1 Å². The summed E-state index contributed by atoms with van der Waals surface area (Å²) in [6, 6.07) is 22.8. The Bertz CT molecular complexity index is 2080. The molecule has 15 heteroatoms. The summed E-state index contributed by atoms with van der Waals surface area (Å²) in [4.78, 5) is 41.3. The molecule has 3 amide bonds. The molecule has 1 aliphatic heterocycles. The molecule has 0 aliphatic carbocycles. The maximum absolute atomic E-state index is 14.1. The predicted octanol–water partition coefficient (Wildman–Crippen LogP) is 5.75.